The molecule has 2 aromatic carbocycles. The Bertz CT molecular complexity index is 1060. The summed E-state index contributed by atoms with van der Waals surface area (Å²) in [6.45, 7) is 3.36. The fourth-order valence-electron chi connectivity index (χ4n) is 3.03. The molecule has 0 aliphatic rings. The summed E-state index contributed by atoms with van der Waals surface area (Å²) in [5.74, 6) is 0. The molecule has 12 nitrogen and oxygen atoms in total. The molecule has 0 aromatic heterocycles. The van der Waals surface area contributed by atoms with E-state index >= 15 is 0 Å². The van der Waals surface area contributed by atoms with Crippen molar-refractivity contribution in [2.24, 2.45) is 10.2 Å². The Morgan fingerprint density at radius 3 is 2.46 bits per heavy atom. The lowest BCUT2D eigenvalue weighted by Crippen LogP contribution is -2.31. The minimum absolute atomic E-state index is 0.0380. The molecule has 12 heteroatoms. The second-order valence-electron chi connectivity index (χ2n) is 7.10. The molecule has 2 rings (SSSR count). The van der Waals surface area contributed by atoms with Gasteiger partial charge in [-0.15, -0.1) is 5.11 Å². The largest absolute Gasteiger partial charge is 0.479 e. The van der Waals surface area contributed by atoms with Gasteiger partial charge in [0.1, 0.15) is 18.4 Å². The van der Waals surface area contributed by atoms with Gasteiger partial charge in [0, 0.05) is 50.7 Å². The van der Waals surface area contributed by atoms with Crippen LogP contribution >= 0.6 is 0 Å². The molecular weight excluding hydrogens is 456 g/mol. The van der Waals surface area contributed by atoms with Crippen LogP contribution < -0.4 is 4.90 Å². The second-order valence-corrected chi connectivity index (χ2v) is 7.10. The molecule has 0 saturated carbocycles. The lowest BCUT2D eigenvalue weighted by molar-refractivity contribution is -0.384. The van der Waals surface area contributed by atoms with E-state index in [1.165, 1.54) is 12.1 Å². The third-order valence-electron chi connectivity index (χ3n) is 4.83. The third kappa shape index (κ3) is 8.74. The van der Waals surface area contributed by atoms with Crippen LogP contribution in [0.1, 0.15) is 11.1 Å². The summed E-state index contributed by atoms with van der Waals surface area (Å²) >= 11 is 0. The van der Waals surface area contributed by atoms with E-state index in [1.54, 1.807) is 20.3 Å². The molecule has 0 aliphatic heterocycles. The Kier molecular flexibility index (Phi) is 11.8. The van der Waals surface area contributed by atoms with Gasteiger partial charge in [-0.3, -0.25) is 15.5 Å². The molecule has 0 spiro atoms. The van der Waals surface area contributed by atoms with Crippen LogP contribution in [-0.2, 0) is 25.6 Å². The van der Waals surface area contributed by atoms with Gasteiger partial charge in [0.25, 0.3) is 5.69 Å². The predicted octanol–water partition coefficient (Wildman–Crippen LogP) is 4.12. The number of nitriles is 1. The predicted molar refractivity (Wildman–Crippen MR) is 129 cm³/mol. The monoisotopic (exact) mass is 484 g/mol. The maximum absolute atomic E-state index is 11.0. The number of benzene rings is 2. The van der Waals surface area contributed by atoms with Crippen LogP contribution in [0.15, 0.2) is 46.6 Å². The maximum atomic E-state index is 11.0. The minimum Gasteiger partial charge on any atom is -0.479 e. The average molecular weight is 485 g/mol. The first-order chi connectivity index (χ1) is 17.0. The number of nitro groups is 1. The van der Waals surface area contributed by atoms with Crippen molar-refractivity contribution in [1.82, 2.24) is 0 Å². The van der Waals surface area contributed by atoms with E-state index in [2.05, 4.69) is 15.1 Å². The number of non-ortho nitro benzene ring substituents is 1. The maximum Gasteiger partial charge on any atom is 0.270 e. The van der Waals surface area contributed by atoms with Gasteiger partial charge in [-0.25, -0.2) is 0 Å². The molecule has 2 aromatic rings. The van der Waals surface area contributed by atoms with Gasteiger partial charge < -0.3 is 23.8 Å². The van der Waals surface area contributed by atoms with E-state index in [-0.39, 0.29) is 23.5 Å². The Hall–Kier alpha value is -3.92. The molecule has 35 heavy (non-hydrogen) atoms. The number of nitrogens with one attached hydrogen (secondary N) is 1. The van der Waals surface area contributed by atoms with Gasteiger partial charge in [-0.2, -0.15) is 10.4 Å². The Balaban J connectivity index is 2.29. The molecule has 0 aliphatic carbocycles. The molecule has 0 atom stereocenters. The molecule has 0 unspecified atom stereocenters. The number of azo groups is 1. The molecule has 0 heterocycles. The molecule has 0 radical (unpaired) electrons. The van der Waals surface area contributed by atoms with E-state index in [0.717, 1.165) is 18.2 Å². The number of hydrogen-bond donors (Lipinski definition) is 1. The summed E-state index contributed by atoms with van der Waals surface area (Å²) < 4.78 is 21.0. The van der Waals surface area contributed by atoms with Crippen molar-refractivity contribution in [2.75, 3.05) is 58.6 Å². The first-order valence-electron chi connectivity index (χ1n) is 10.7. The highest BCUT2D eigenvalue weighted by molar-refractivity contribution is 5.60. The first-order valence-corrected chi connectivity index (χ1v) is 10.7. The Morgan fingerprint density at radius 1 is 1.06 bits per heavy atom. The Morgan fingerprint density at radius 2 is 1.77 bits per heavy atom. The van der Waals surface area contributed by atoms with Crippen molar-refractivity contribution < 1.29 is 23.9 Å². The average Bonchev–Trinajstić information content (AvgIpc) is 2.87. The zero-order chi connectivity index (χ0) is 25.5. The lowest BCUT2D eigenvalue weighted by Gasteiger charge is -2.25. The summed E-state index contributed by atoms with van der Waals surface area (Å²) in [4.78, 5) is 12.5. The zero-order valence-corrected chi connectivity index (χ0v) is 19.7. The van der Waals surface area contributed by atoms with Crippen molar-refractivity contribution in [3.05, 3.63) is 57.6 Å². The summed E-state index contributed by atoms with van der Waals surface area (Å²) in [5, 5.41) is 35.8. The minimum atomic E-state index is -0.578. The van der Waals surface area contributed by atoms with Crippen molar-refractivity contribution in [3.8, 4) is 6.07 Å². The molecule has 0 fully saturated rings. The second kappa shape index (κ2) is 15.1. The first kappa shape index (κ1) is 27.3. The van der Waals surface area contributed by atoms with Gasteiger partial charge in [0.2, 0.25) is 0 Å². The highest BCUT2D eigenvalue weighted by Crippen LogP contribution is 2.30. The van der Waals surface area contributed by atoms with E-state index < -0.39 is 4.92 Å². The van der Waals surface area contributed by atoms with Crippen molar-refractivity contribution >= 4 is 29.2 Å². The summed E-state index contributed by atoms with van der Waals surface area (Å²) in [6, 6.07) is 11.2. The summed E-state index contributed by atoms with van der Waals surface area (Å²) in [7, 11) is 3.25. The van der Waals surface area contributed by atoms with E-state index in [9.17, 15) is 15.4 Å². The zero-order valence-electron chi connectivity index (χ0n) is 19.7. The number of ether oxygens (including phenoxy) is 4. The van der Waals surface area contributed by atoms with Crippen LogP contribution in [0.3, 0.4) is 0 Å². The summed E-state index contributed by atoms with van der Waals surface area (Å²) in [5.41, 5.74) is 2.06. The van der Waals surface area contributed by atoms with Crippen LogP contribution in [0, 0.1) is 26.9 Å². The molecule has 186 valence electrons. The third-order valence-corrected chi connectivity index (χ3v) is 4.83. The van der Waals surface area contributed by atoms with E-state index in [4.69, 9.17) is 24.4 Å². The smallest absolute Gasteiger partial charge is 0.270 e. The normalized spacial score (nSPS) is 10.8. The number of methoxy groups -OCH3 is 2. The summed E-state index contributed by atoms with van der Waals surface area (Å²) in [6.07, 6.45) is 0.837. The molecular formula is C23H28N6O6. The number of anilines is 1. The molecule has 0 saturated heterocycles. The number of rotatable bonds is 16. The number of nitro benzene ring substituents is 1. The fraction of sp³-hybridized carbons (Fsp3) is 0.391. The van der Waals surface area contributed by atoms with Crippen LogP contribution in [0.25, 0.3) is 0 Å². The Labute approximate surface area is 203 Å². The number of nitrogens with zero attached hydrogens (tertiary/aromatic N) is 5. The van der Waals surface area contributed by atoms with Crippen LogP contribution in [0.4, 0.5) is 22.7 Å². The van der Waals surface area contributed by atoms with Gasteiger partial charge in [0.05, 0.1) is 42.6 Å². The van der Waals surface area contributed by atoms with Gasteiger partial charge in [-0.05, 0) is 24.3 Å². The molecule has 0 bridgehead atoms. The highest BCUT2D eigenvalue weighted by atomic mass is 16.6. The van der Waals surface area contributed by atoms with Crippen LogP contribution in [-0.4, -0.2) is 65.1 Å². The lowest BCUT2D eigenvalue weighted by atomic mass is 10.1. The quantitative estimate of drug-likeness (QED) is 0.0931. The van der Waals surface area contributed by atoms with Crippen molar-refractivity contribution in [1.29, 1.82) is 10.7 Å². The van der Waals surface area contributed by atoms with Crippen molar-refractivity contribution in [3.63, 3.8) is 0 Å². The standard InChI is InChI=1S/C23H28N6O6/c1-32-9-7-28(8-10-34-12-11-33-2)20-3-5-23(19(14-20)16-35-17-25)27-26-22-6-4-21(29(30)31)13-18(22)15-24/h3-6,13-14,17,25H,7-12,16H2,1-2H3/b25-17?,27-26+. The van der Waals surface area contributed by atoms with E-state index in [1.807, 2.05) is 18.2 Å². The molecule has 0 amide bonds. The molecule has 1 N–H and O–H groups in total. The van der Waals surface area contributed by atoms with Gasteiger partial charge in [0.15, 0.2) is 6.40 Å². The SMILES string of the molecule is COCCOCCN(CCOC)c1ccc(/N=N/c2ccc([N+](=O)[O-])cc2C#N)c(COC=N)c1. The van der Waals surface area contributed by atoms with Crippen molar-refractivity contribution in [2.45, 2.75) is 6.61 Å². The van der Waals surface area contributed by atoms with Crippen LogP contribution in [0.2, 0.25) is 0 Å². The highest BCUT2D eigenvalue weighted by Gasteiger charge is 2.13. The van der Waals surface area contributed by atoms with Crippen LogP contribution in [0.5, 0.6) is 0 Å². The number of hydrogen-bond acceptors (Lipinski definition) is 11. The van der Waals surface area contributed by atoms with Gasteiger partial charge in [-0.1, -0.05) is 0 Å². The van der Waals surface area contributed by atoms with Gasteiger partial charge >= 0.3 is 0 Å². The fourth-order valence-corrected chi connectivity index (χ4v) is 3.03. The van der Waals surface area contributed by atoms with E-state index in [0.29, 0.717) is 50.8 Å². The topological polar surface area (TPSA) is 156 Å².